The summed E-state index contributed by atoms with van der Waals surface area (Å²) in [7, 11) is 0. The third kappa shape index (κ3) is 5.05. The van der Waals surface area contributed by atoms with Gasteiger partial charge in [0.15, 0.2) is 12.3 Å². The van der Waals surface area contributed by atoms with E-state index in [1.807, 2.05) is 0 Å². The number of ether oxygens (including phenoxy) is 1. The minimum atomic E-state index is -1.65. The molecular formula is C22H29F3N2O2. The number of hydrogen-bond donors (Lipinski definition) is 1. The van der Waals surface area contributed by atoms with Crippen molar-refractivity contribution in [1.82, 2.24) is 10.2 Å². The van der Waals surface area contributed by atoms with Crippen LogP contribution >= 0.6 is 0 Å². The fourth-order valence-corrected chi connectivity index (χ4v) is 4.74. The number of nitrogens with one attached hydrogen (secondary N) is 1. The van der Waals surface area contributed by atoms with Crippen LogP contribution in [-0.2, 0) is 11.2 Å². The average molecular weight is 410 g/mol. The summed E-state index contributed by atoms with van der Waals surface area (Å²) in [6.07, 6.45) is 1.29. The highest BCUT2D eigenvalue weighted by Crippen LogP contribution is 2.49. The molecule has 4 rings (SSSR count). The van der Waals surface area contributed by atoms with Crippen LogP contribution in [0.3, 0.4) is 0 Å². The van der Waals surface area contributed by atoms with Gasteiger partial charge in [0, 0.05) is 6.07 Å². The van der Waals surface area contributed by atoms with Gasteiger partial charge in [-0.3, -0.25) is 4.79 Å². The first-order valence-corrected chi connectivity index (χ1v) is 10.7. The van der Waals surface area contributed by atoms with Gasteiger partial charge in [0.05, 0.1) is 26.1 Å². The normalized spacial score (nSPS) is 29.8. The van der Waals surface area contributed by atoms with Crippen molar-refractivity contribution in [3.8, 4) is 5.75 Å². The summed E-state index contributed by atoms with van der Waals surface area (Å²) in [6.45, 7) is 2.29. The van der Waals surface area contributed by atoms with Gasteiger partial charge in [0.1, 0.15) is 11.6 Å². The van der Waals surface area contributed by atoms with Gasteiger partial charge in [0.25, 0.3) is 0 Å². The third-order valence-corrected chi connectivity index (χ3v) is 6.62. The van der Waals surface area contributed by atoms with E-state index in [1.54, 1.807) is 6.07 Å². The van der Waals surface area contributed by atoms with Gasteiger partial charge in [-0.25, -0.2) is 13.2 Å². The molecule has 2 aliphatic heterocycles. The summed E-state index contributed by atoms with van der Waals surface area (Å²) < 4.78 is 46.6. The number of carbonyl (C=O) groups is 1. The molecule has 2 heterocycles. The van der Waals surface area contributed by atoms with Crippen molar-refractivity contribution in [2.45, 2.75) is 44.4 Å². The molecule has 0 spiro atoms. The summed E-state index contributed by atoms with van der Waals surface area (Å²) >= 11 is 0. The molecule has 4 unspecified atom stereocenters. The summed E-state index contributed by atoms with van der Waals surface area (Å²) in [5.41, 5.74) is 0.216. The van der Waals surface area contributed by atoms with Gasteiger partial charge in [-0.2, -0.15) is 0 Å². The molecule has 1 saturated carbocycles. The predicted molar refractivity (Wildman–Crippen MR) is 104 cm³/mol. The molecule has 7 heteroatoms. The lowest BCUT2D eigenvalue weighted by Gasteiger charge is -2.22. The van der Waals surface area contributed by atoms with Gasteiger partial charge in [0.2, 0.25) is 5.91 Å². The zero-order valence-corrected chi connectivity index (χ0v) is 16.6. The zero-order chi connectivity index (χ0) is 20.4. The molecule has 1 aromatic carbocycles. The molecule has 2 saturated heterocycles. The van der Waals surface area contributed by atoms with E-state index in [4.69, 9.17) is 4.74 Å². The molecule has 3 fully saturated rings. The minimum absolute atomic E-state index is 0.203. The second-order valence-electron chi connectivity index (χ2n) is 8.64. The predicted octanol–water partition coefficient (Wildman–Crippen LogP) is 3.29. The monoisotopic (exact) mass is 410 g/mol. The summed E-state index contributed by atoms with van der Waals surface area (Å²) in [5, 5.41) is 3.40. The molecule has 1 aromatic rings. The van der Waals surface area contributed by atoms with E-state index in [0.29, 0.717) is 12.4 Å². The Hall–Kier alpha value is -1.76. The lowest BCUT2D eigenvalue weighted by molar-refractivity contribution is -0.129. The maximum atomic E-state index is 14.3. The topological polar surface area (TPSA) is 41.6 Å². The van der Waals surface area contributed by atoms with Gasteiger partial charge >= 0.3 is 0 Å². The largest absolute Gasteiger partial charge is 0.493 e. The molecule has 1 aliphatic carbocycles. The first kappa shape index (κ1) is 20.5. The highest BCUT2D eigenvalue weighted by molar-refractivity contribution is 5.79. The van der Waals surface area contributed by atoms with Crippen molar-refractivity contribution in [2.24, 2.45) is 17.8 Å². The van der Waals surface area contributed by atoms with Gasteiger partial charge in [-0.15, -0.1) is 0 Å². The van der Waals surface area contributed by atoms with Crippen LogP contribution in [0, 0.1) is 23.6 Å². The molecule has 0 radical (unpaired) electrons. The summed E-state index contributed by atoms with van der Waals surface area (Å²) in [4.78, 5) is 13.3. The highest BCUT2D eigenvalue weighted by atomic mass is 19.2. The van der Waals surface area contributed by atoms with E-state index in [-0.39, 0.29) is 25.1 Å². The average Bonchev–Trinajstić information content (AvgIpc) is 3.41. The number of rotatable bonds is 7. The van der Waals surface area contributed by atoms with Crippen LogP contribution in [0.1, 0.15) is 31.2 Å². The lowest BCUT2D eigenvalue weighted by Crippen LogP contribution is -2.31. The number of piperidine rings is 1. The van der Waals surface area contributed by atoms with Crippen LogP contribution < -0.4 is 10.1 Å². The highest BCUT2D eigenvalue weighted by Gasteiger charge is 2.42. The number of hydrogen-bond acceptors (Lipinski definition) is 3. The number of nitrogens with zero attached hydrogens (tertiary/aromatic N) is 1. The lowest BCUT2D eigenvalue weighted by atomic mass is 9.91. The number of alkyl halides is 2. The third-order valence-electron chi connectivity index (χ3n) is 6.62. The Balaban J connectivity index is 1.21. The van der Waals surface area contributed by atoms with Crippen LogP contribution in [0.15, 0.2) is 18.2 Å². The van der Waals surface area contributed by atoms with E-state index in [9.17, 15) is 18.0 Å². The summed E-state index contributed by atoms with van der Waals surface area (Å²) in [5.74, 6) is 1.85. The first-order valence-electron chi connectivity index (χ1n) is 10.7. The van der Waals surface area contributed by atoms with E-state index in [0.717, 1.165) is 42.2 Å². The minimum Gasteiger partial charge on any atom is -0.493 e. The molecule has 1 N–H and O–H groups in total. The Morgan fingerprint density at radius 3 is 2.59 bits per heavy atom. The molecule has 160 valence electrons. The number of benzene rings is 1. The Kier molecular flexibility index (Phi) is 6.32. The van der Waals surface area contributed by atoms with Crippen LogP contribution in [0.2, 0.25) is 0 Å². The summed E-state index contributed by atoms with van der Waals surface area (Å²) in [6, 6.07) is 4.47. The second kappa shape index (κ2) is 8.94. The molecule has 4 atom stereocenters. The number of carbonyl (C=O) groups excluding carboxylic acids is 1. The van der Waals surface area contributed by atoms with Gasteiger partial charge in [-0.1, -0.05) is 6.07 Å². The Bertz CT molecular complexity index is 716. The fraction of sp³-hybridized carbons (Fsp3) is 0.682. The van der Waals surface area contributed by atoms with E-state index >= 15 is 0 Å². The van der Waals surface area contributed by atoms with Crippen LogP contribution in [0.25, 0.3) is 0 Å². The molecule has 4 nitrogen and oxygen atoms in total. The number of halogens is 3. The smallest absolute Gasteiger partial charge is 0.227 e. The van der Waals surface area contributed by atoms with Crippen molar-refractivity contribution >= 4 is 5.91 Å². The molecule has 29 heavy (non-hydrogen) atoms. The molecule has 1 amide bonds. The Labute approximate surface area is 169 Å². The van der Waals surface area contributed by atoms with E-state index < -0.39 is 24.1 Å². The zero-order valence-electron chi connectivity index (χ0n) is 16.6. The number of likely N-dealkylation sites (tertiary alicyclic amines) is 1. The van der Waals surface area contributed by atoms with Crippen molar-refractivity contribution < 1.29 is 22.7 Å². The fourth-order valence-electron chi connectivity index (χ4n) is 4.74. The molecular weight excluding hydrogens is 381 g/mol. The maximum absolute atomic E-state index is 14.3. The quantitative estimate of drug-likeness (QED) is 0.750. The molecule has 0 aromatic heterocycles. The van der Waals surface area contributed by atoms with Crippen molar-refractivity contribution in [1.29, 1.82) is 0 Å². The van der Waals surface area contributed by atoms with Gasteiger partial charge in [-0.05, 0) is 68.2 Å². The van der Waals surface area contributed by atoms with Crippen LogP contribution in [0.5, 0.6) is 5.75 Å². The maximum Gasteiger partial charge on any atom is 0.227 e. The molecule has 3 aliphatic rings. The van der Waals surface area contributed by atoms with E-state index in [2.05, 4.69) is 5.32 Å². The molecule has 0 bridgehead atoms. The Morgan fingerprint density at radius 2 is 1.90 bits per heavy atom. The second-order valence-corrected chi connectivity index (χ2v) is 8.64. The van der Waals surface area contributed by atoms with Crippen molar-refractivity contribution in [3.63, 3.8) is 0 Å². The number of amides is 1. The van der Waals surface area contributed by atoms with Crippen molar-refractivity contribution in [3.05, 3.63) is 29.6 Å². The van der Waals surface area contributed by atoms with E-state index in [1.165, 1.54) is 31.4 Å². The standard InChI is InChI=1S/C22H29F3N2O2/c23-19-11-17(29-8-5-15-9-18(15)14-3-6-26-7-4-14)2-1-16(19)10-22(28)27-12-20(24)21(25)13-27/h1-2,11,14-15,18,20-21,26H,3-10,12-13H2. The van der Waals surface area contributed by atoms with Crippen molar-refractivity contribution in [2.75, 3.05) is 32.8 Å². The van der Waals surface area contributed by atoms with Crippen LogP contribution in [-0.4, -0.2) is 55.9 Å². The Morgan fingerprint density at radius 1 is 1.17 bits per heavy atom. The van der Waals surface area contributed by atoms with Crippen LogP contribution in [0.4, 0.5) is 13.2 Å². The SMILES string of the molecule is O=C(Cc1ccc(OCCC2CC2C2CCNCC2)cc1F)N1CC(F)C(F)C1. The van der Waals surface area contributed by atoms with Gasteiger partial charge < -0.3 is 15.0 Å². The first-order chi connectivity index (χ1) is 14.0.